The first kappa shape index (κ1) is 30.5. The van der Waals surface area contributed by atoms with E-state index in [1.165, 1.54) is 27.8 Å². The number of rotatable bonds is 9. The first-order valence-corrected chi connectivity index (χ1v) is 14.8. The molecule has 2 aromatic heterocycles. The zero-order valence-electron chi connectivity index (χ0n) is 23.9. The van der Waals surface area contributed by atoms with Crippen LogP contribution in [0.5, 0.6) is 0 Å². The van der Waals surface area contributed by atoms with Gasteiger partial charge in [-0.1, -0.05) is 41.4 Å². The average Bonchev–Trinajstić information content (AvgIpc) is 3.61. The summed E-state index contributed by atoms with van der Waals surface area (Å²) >= 11 is 12.1. The number of aliphatic hydroxyl groups excluding tert-OH is 1. The fraction of sp³-hybridized carbons (Fsp3) is 0.258. The van der Waals surface area contributed by atoms with Crippen molar-refractivity contribution in [1.82, 2.24) is 25.2 Å². The van der Waals surface area contributed by atoms with Crippen LogP contribution in [0.25, 0.3) is 0 Å². The lowest BCUT2D eigenvalue weighted by Gasteiger charge is -2.27. The van der Waals surface area contributed by atoms with Gasteiger partial charge in [-0.3, -0.25) is 23.9 Å². The van der Waals surface area contributed by atoms with Gasteiger partial charge >= 0.3 is 0 Å². The van der Waals surface area contributed by atoms with Gasteiger partial charge in [0.1, 0.15) is 17.3 Å². The van der Waals surface area contributed by atoms with E-state index >= 15 is 0 Å². The molecule has 2 aromatic carbocycles. The Morgan fingerprint density at radius 1 is 1.11 bits per heavy atom. The van der Waals surface area contributed by atoms with E-state index in [1.807, 2.05) is 12.1 Å². The molecule has 0 unspecified atom stereocenters. The zero-order valence-corrected chi connectivity index (χ0v) is 25.4. The first-order chi connectivity index (χ1) is 21.5. The minimum atomic E-state index is -1.42. The van der Waals surface area contributed by atoms with Gasteiger partial charge in [-0.15, -0.1) is 0 Å². The van der Waals surface area contributed by atoms with Crippen molar-refractivity contribution < 1.29 is 23.9 Å². The molecule has 1 saturated carbocycles. The Balaban J connectivity index is 1.34. The Hall–Kier alpha value is -4.52. The van der Waals surface area contributed by atoms with Gasteiger partial charge in [-0.2, -0.15) is 0 Å². The third-order valence-electron chi connectivity index (χ3n) is 8.16. The predicted molar refractivity (Wildman–Crippen MR) is 166 cm³/mol. The second-order valence-electron chi connectivity index (χ2n) is 11.3. The van der Waals surface area contributed by atoms with Crippen LogP contribution in [-0.4, -0.2) is 50.0 Å². The van der Waals surface area contributed by atoms with Gasteiger partial charge in [-0.05, 0) is 61.7 Å². The number of anilines is 3. The average molecular weight is 653 g/mol. The second-order valence-corrected chi connectivity index (χ2v) is 12.1. The molecule has 1 aliphatic heterocycles. The van der Waals surface area contributed by atoms with Crippen molar-refractivity contribution >= 4 is 58.2 Å². The summed E-state index contributed by atoms with van der Waals surface area (Å²) in [6, 6.07) is 13.5. The predicted octanol–water partition coefficient (Wildman–Crippen LogP) is 3.84. The molecule has 2 atom stereocenters. The summed E-state index contributed by atoms with van der Waals surface area (Å²) in [4.78, 5) is 51.2. The summed E-state index contributed by atoms with van der Waals surface area (Å²) in [6.07, 6.45) is 4.34. The first-order valence-electron chi connectivity index (χ1n) is 14.0. The number of nitrogens with two attached hydrogens (primary N) is 1. The van der Waals surface area contributed by atoms with E-state index in [2.05, 4.69) is 20.6 Å². The number of nitrogens with one attached hydrogen (secondary N) is 2. The number of aliphatic hydroxyl groups is 1. The number of nitrogen functional groups attached to an aromatic ring is 1. The third kappa shape index (κ3) is 5.39. The highest BCUT2D eigenvalue weighted by atomic mass is 35.5. The number of pyridine rings is 1. The lowest BCUT2D eigenvalue weighted by Crippen LogP contribution is -2.52. The van der Waals surface area contributed by atoms with E-state index in [-0.39, 0.29) is 33.8 Å². The summed E-state index contributed by atoms with van der Waals surface area (Å²) in [7, 11) is 0. The molecule has 0 saturated heterocycles. The Morgan fingerprint density at radius 2 is 1.80 bits per heavy atom. The molecule has 1 fully saturated rings. The highest BCUT2D eigenvalue weighted by molar-refractivity contribution is 6.35. The molecule has 11 nitrogen and oxygen atoms in total. The molecule has 232 valence electrons. The van der Waals surface area contributed by atoms with Gasteiger partial charge < -0.3 is 21.5 Å². The molecule has 6 rings (SSSR count). The normalized spacial score (nSPS) is 18.8. The number of fused-ring (bicyclic) bond motifs is 1. The summed E-state index contributed by atoms with van der Waals surface area (Å²) in [5, 5.41) is 15.0. The van der Waals surface area contributed by atoms with Crippen LogP contribution in [0.2, 0.25) is 10.0 Å². The van der Waals surface area contributed by atoms with Gasteiger partial charge in [0.15, 0.2) is 5.82 Å². The molecule has 4 aromatic rings. The zero-order chi connectivity index (χ0) is 32.1. The fourth-order valence-corrected chi connectivity index (χ4v) is 6.11. The van der Waals surface area contributed by atoms with Crippen LogP contribution in [0.3, 0.4) is 0 Å². The molecule has 5 N–H and O–H groups in total. The number of benzene rings is 2. The molecule has 0 bridgehead atoms. The van der Waals surface area contributed by atoms with Gasteiger partial charge in [0.05, 0.1) is 39.8 Å². The number of imidazole rings is 1. The SMILES string of the molecule is C[C@@]1(Cc2ccc(N)cc2)C(=O)N(c2cc(Cl)c(F)c(Cl)c2)c2ncc(C(=O)N[C@@H](CO)C(=O)NC3(c4ccccn4)CC3)n21. The van der Waals surface area contributed by atoms with E-state index in [1.54, 1.807) is 43.5 Å². The summed E-state index contributed by atoms with van der Waals surface area (Å²) in [6.45, 7) is 0.956. The minimum absolute atomic E-state index is 0.0461. The quantitative estimate of drug-likeness (QED) is 0.158. The Labute approximate surface area is 267 Å². The van der Waals surface area contributed by atoms with Crippen molar-refractivity contribution in [2.75, 3.05) is 17.2 Å². The van der Waals surface area contributed by atoms with Crippen molar-refractivity contribution in [3.05, 3.63) is 99.8 Å². The number of nitrogens with zero attached hydrogens (tertiary/aromatic N) is 4. The van der Waals surface area contributed by atoms with Crippen molar-refractivity contribution in [3.63, 3.8) is 0 Å². The van der Waals surface area contributed by atoms with Crippen LogP contribution in [-0.2, 0) is 27.1 Å². The number of halogens is 3. The standard InChI is InChI=1S/C31H28Cl2FN7O4/c1-30(14-17-5-7-18(35)8-6-17)28(45)40(19-12-20(32)25(34)21(33)13-19)29-37-15-23(41(29)30)27(44)38-22(16-42)26(43)39-31(9-10-31)24-4-2-3-11-36-24/h2-8,11-13,15,22,42H,9-10,14,16,35H2,1H3,(H,38,44)(H,39,43)/t22-,30+/m0/s1. The van der Waals surface area contributed by atoms with Gasteiger partial charge in [0.25, 0.3) is 11.8 Å². The van der Waals surface area contributed by atoms with E-state index < -0.39 is 47.3 Å². The Morgan fingerprint density at radius 3 is 2.40 bits per heavy atom. The number of carbonyl (C=O) groups is 3. The van der Waals surface area contributed by atoms with Gasteiger partial charge in [-0.25, -0.2) is 14.3 Å². The van der Waals surface area contributed by atoms with Crippen LogP contribution in [0.4, 0.5) is 21.7 Å². The molecule has 0 spiro atoms. The van der Waals surface area contributed by atoms with Gasteiger partial charge in [0, 0.05) is 18.3 Å². The van der Waals surface area contributed by atoms with Crippen LogP contribution in [0, 0.1) is 5.82 Å². The lowest BCUT2D eigenvalue weighted by molar-refractivity contribution is -0.125. The van der Waals surface area contributed by atoms with E-state index in [9.17, 15) is 23.9 Å². The van der Waals surface area contributed by atoms with Crippen molar-refractivity contribution in [3.8, 4) is 0 Å². The van der Waals surface area contributed by atoms with Crippen molar-refractivity contribution in [2.45, 2.75) is 43.3 Å². The number of hydrogen-bond donors (Lipinski definition) is 4. The van der Waals surface area contributed by atoms with Crippen LogP contribution in [0.15, 0.2) is 67.0 Å². The molecule has 1 aliphatic carbocycles. The molecule has 45 heavy (non-hydrogen) atoms. The molecule has 0 radical (unpaired) electrons. The molecular formula is C31H28Cl2FN7O4. The van der Waals surface area contributed by atoms with Gasteiger partial charge in [0.2, 0.25) is 11.9 Å². The second kappa shape index (κ2) is 11.4. The molecule has 14 heteroatoms. The summed E-state index contributed by atoms with van der Waals surface area (Å²) < 4.78 is 15.7. The van der Waals surface area contributed by atoms with Crippen molar-refractivity contribution in [2.24, 2.45) is 0 Å². The Bertz CT molecular complexity index is 1790. The smallest absolute Gasteiger partial charge is 0.270 e. The van der Waals surface area contributed by atoms with E-state index in [4.69, 9.17) is 28.9 Å². The Kier molecular flexibility index (Phi) is 7.76. The van der Waals surface area contributed by atoms with Crippen LogP contribution >= 0.6 is 23.2 Å². The monoisotopic (exact) mass is 651 g/mol. The highest BCUT2D eigenvalue weighted by Gasteiger charge is 2.52. The van der Waals surface area contributed by atoms with E-state index in [0.29, 0.717) is 24.2 Å². The summed E-state index contributed by atoms with van der Waals surface area (Å²) in [5.41, 5.74) is 5.83. The maximum absolute atomic E-state index is 14.3. The highest BCUT2D eigenvalue weighted by Crippen LogP contribution is 2.45. The number of carbonyl (C=O) groups excluding carboxylic acids is 3. The molecule has 2 aliphatic rings. The number of aromatic nitrogens is 3. The van der Waals surface area contributed by atoms with Crippen molar-refractivity contribution in [1.29, 1.82) is 0 Å². The van der Waals surface area contributed by atoms with Crippen LogP contribution in [0.1, 0.15) is 41.5 Å². The lowest BCUT2D eigenvalue weighted by atomic mass is 9.91. The molecule has 3 amide bonds. The van der Waals surface area contributed by atoms with Crippen LogP contribution < -0.4 is 21.3 Å². The summed E-state index contributed by atoms with van der Waals surface area (Å²) in [5.74, 6) is -2.62. The number of hydrogen-bond acceptors (Lipinski definition) is 7. The third-order valence-corrected chi connectivity index (χ3v) is 8.71. The minimum Gasteiger partial charge on any atom is -0.399 e. The maximum Gasteiger partial charge on any atom is 0.270 e. The molecule has 3 heterocycles. The van der Waals surface area contributed by atoms with E-state index in [0.717, 1.165) is 5.56 Å². The fourth-order valence-electron chi connectivity index (χ4n) is 5.63. The molecular weight excluding hydrogens is 624 g/mol. The topological polar surface area (TPSA) is 155 Å². The maximum atomic E-state index is 14.3. The largest absolute Gasteiger partial charge is 0.399 e. The number of amides is 3.